The van der Waals surface area contributed by atoms with E-state index in [-0.39, 0.29) is 4.90 Å². The van der Waals surface area contributed by atoms with Gasteiger partial charge in [0.2, 0.25) is 0 Å². The second-order valence-electron chi connectivity index (χ2n) is 5.73. The third kappa shape index (κ3) is 4.57. The van der Waals surface area contributed by atoms with Crippen molar-refractivity contribution in [2.24, 2.45) is 0 Å². The molecule has 0 aromatic heterocycles. The Morgan fingerprint density at radius 1 is 1.07 bits per heavy atom. The Bertz CT molecular complexity index is 1110. The second-order valence-corrected chi connectivity index (χ2v) is 9.61. The SMILES string of the molecule is COc1cc(C=C2SC(=O)NC2=O)ccc1Oc1ccc(S(C)(=O)=O)cc1Br. The van der Waals surface area contributed by atoms with Gasteiger partial charge in [0.1, 0.15) is 5.75 Å². The fourth-order valence-corrected chi connectivity index (χ4v) is 4.28. The maximum absolute atomic E-state index is 11.7. The van der Waals surface area contributed by atoms with Gasteiger partial charge in [-0.2, -0.15) is 0 Å². The largest absolute Gasteiger partial charge is 0.493 e. The molecule has 7 nitrogen and oxygen atoms in total. The fourth-order valence-electron chi connectivity index (χ4n) is 2.34. The molecule has 2 amide bonds. The number of ether oxygens (including phenoxy) is 2. The van der Waals surface area contributed by atoms with Gasteiger partial charge in [-0.1, -0.05) is 6.07 Å². The van der Waals surface area contributed by atoms with Crippen LogP contribution in [0.2, 0.25) is 0 Å². The Morgan fingerprint density at radius 3 is 2.36 bits per heavy atom. The van der Waals surface area contributed by atoms with Gasteiger partial charge in [0, 0.05) is 6.26 Å². The molecule has 2 aromatic carbocycles. The van der Waals surface area contributed by atoms with E-state index in [9.17, 15) is 18.0 Å². The number of imide groups is 1. The van der Waals surface area contributed by atoms with Crippen LogP contribution in [0, 0.1) is 0 Å². The smallest absolute Gasteiger partial charge is 0.290 e. The van der Waals surface area contributed by atoms with Gasteiger partial charge in [-0.05, 0) is 69.7 Å². The van der Waals surface area contributed by atoms with Crippen molar-refractivity contribution in [1.29, 1.82) is 0 Å². The number of carbonyl (C=O) groups excluding carboxylic acids is 2. The highest BCUT2D eigenvalue weighted by atomic mass is 79.9. The van der Waals surface area contributed by atoms with Gasteiger partial charge in [0.15, 0.2) is 21.3 Å². The molecule has 0 bridgehead atoms. The summed E-state index contributed by atoms with van der Waals surface area (Å²) in [5, 5.41) is 1.78. The Morgan fingerprint density at radius 2 is 1.79 bits per heavy atom. The fraction of sp³-hybridized carbons (Fsp3) is 0.111. The number of methoxy groups -OCH3 is 1. The molecule has 1 fully saturated rings. The van der Waals surface area contributed by atoms with E-state index in [1.54, 1.807) is 30.3 Å². The summed E-state index contributed by atoms with van der Waals surface area (Å²) in [7, 11) is -1.85. The molecule has 10 heteroatoms. The monoisotopic (exact) mass is 483 g/mol. The van der Waals surface area contributed by atoms with Crippen molar-refractivity contribution in [2.75, 3.05) is 13.4 Å². The van der Waals surface area contributed by atoms with E-state index < -0.39 is 21.0 Å². The van der Waals surface area contributed by atoms with Crippen LogP contribution in [-0.2, 0) is 14.6 Å². The first-order valence-corrected chi connectivity index (χ1v) is 11.3. The van der Waals surface area contributed by atoms with E-state index in [1.165, 1.54) is 19.2 Å². The van der Waals surface area contributed by atoms with Gasteiger partial charge in [0.25, 0.3) is 11.1 Å². The number of hydrogen-bond donors (Lipinski definition) is 1. The van der Waals surface area contributed by atoms with E-state index >= 15 is 0 Å². The molecule has 28 heavy (non-hydrogen) atoms. The van der Waals surface area contributed by atoms with E-state index in [0.29, 0.717) is 32.2 Å². The first-order chi connectivity index (χ1) is 13.2. The van der Waals surface area contributed by atoms with Crippen LogP contribution in [-0.4, -0.2) is 32.9 Å². The predicted molar refractivity (Wildman–Crippen MR) is 109 cm³/mol. The maximum Gasteiger partial charge on any atom is 0.290 e. The highest BCUT2D eigenvalue weighted by Crippen LogP contribution is 2.37. The summed E-state index contributed by atoms with van der Waals surface area (Å²) in [6.07, 6.45) is 2.70. The van der Waals surface area contributed by atoms with Crippen molar-refractivity contribution in [3.8, 4) is 17.2 Å². The highest BCUT2D eigenvalue weighted by Gasteiger charge is 2.25. The summed E-state index contributed by atoms with van der Waals surface area (Å²) in [6, 6.07) is 9.48. The third-order valence-electron chi connectivity index (χ3n) is 3.68. The summed E-state index contributed by atoms with van der Waals surface area (Å²) in [4.78, 5) is 23.4. The van der Waals surface area contributed by atoms with E-state index in [2.05, 4.69) is 21.2 Å². The first-order valence-electron chi connectivity index (χ1n) is 7.78. The number of carbonyl (C=O) groups is 2. The molecular weight excluding hydrogens is 470 g/mol. The topological polar surface area (TPSA) is 98.8 Å². The minimum atomic E-state index is -3.33. The molecule has 0 saturated carbocycles. The van der Waals surface area contributed by atoms with Gasteiger partial charge in [0.05, 0.1) is 21.4 Å². The van der Waals surface area contributed by atoms with Crippen LogP contribution in [0.15, 0.2) is 50.7 Å². The first kappa shape index (κ1) is 20.4. The molecule has 1 aliphatic rings. The summed E-state index contributed by atoms with van der Waals surface area (Å²) in [5.41, 5.74) is 0.656. The molecule has 1 saturated heterocycles. The minimum absolute atomic E-state index is 0.169. The number of nitrogens with one attached hydrogen (secondary N) is 1. The van der Waals surface area contributed by atoms with Crippen LogP contribution in [0.25, 0.3) is 6.08 Å². The zero-order valence-corrected chi connectivity index (χ0v) is 17.9. The molecule has 0 aliphatic carbocycles. The number of halogens is 1. The third-order valence-corrected chi connectivity index (χ3v) is 6.22. The van der Waals surface area contributed by atoms with Crippen LogP contribution in [0.1, 0.15) is 5.56 Å². The highest BCUT2D eigenvalue weighted by molar-refractivity contribution is 9.10. The lowest BCUT2D eigenvalue weighted by atomic mass is 10.2. The van der Waals surface area contributed by atoms with Gasteiger partial charge in [-0.25, -0.2) is 8.42 Å². The van der Waals surface area contributed by atoms with Crippen LogP contribution in [0.3, 0.4) is 0 Å². The summed E-state index contributed by atoms with van der Waals surface area (Å²) in [6.45, 7) is 0. The molecule has 2 aromatic rings. The lowest BCUT2D eigenvalue weighted by Gasteiger charge is -2.13. The number of sulfone groups is 1. The molecule has 3 rings (SSSR count). The number of thioether (sulfide) groups is 1. The predicted octanol–water partition coefficient (Wildman–Crippen LogP) is 3.98. The second kappa shape index (κ2) is 7.98. The number of amides is 2. The van der Waals surface area contributed by atoms with Crippen molar-refractivity contribution in [1.82, 2.24) is 5.32 Å². The number of benzene rings is 2. The molecule has 1 aliphatic heterocycles. The van der Waals surface area contributed by atoms with Crippen molar-refractivity contribution in [2.45, 2.75) is 4.90 Å². The number of rotatable bonds is 5. The van der Waals surface area contributed by atoms with Gasteiger partial charge in [-0.15, -0.1) is 0 Å². The van der Waals surface area contributed by atoms with Gasteiger partial charge in [-0.3, -0.25) is 14.9 Å². The van der Waals surface area contributed by atoms with Crippen molar-refractivity contribution >= 4 is 54.8 Å². The van der Waals surface area contributed by atoms with Gasteiger partial charge >= 0.3 is 0 Å². The zero-order chi connectivity index (χ0) is 20.5. The zero-order valence-electron chi connectivity index (χ0n) is 14.7. The molecule has 1 N–H and O–H groups in total. The van der Waals surface area contributed by atoms with Crippen molar-refractivity contribution < 1.29 is 27.5 Å². The summed E-state index contributed by atoms with van der Waals surface area (Å²) >= 11 is 4.14. The van der Waals surface area contributed by atoms with E-state index in [0.717, 1.165) is 18.0 Å². The van der Waals surface area contributed by atoms with E-state index in [4.69, 9.17) is 9.47 Å². The molecule has 0 spiro atoms. The maximum atomic E-state index is 11.7. The molecule has 1 heterocycles. The van der Waals surface area contributed by atoms with Crippen molar-refractivity contribution in [3.63, 3.8) is 0 Å². The summed E-state index contributed by atoms with van der Waals surface area (Å²) in [5.74, 6) is 0.776. The quantitative estimate of drug-likeness (QED) is 0.641. The molecule has 0 atom stereocenters. The standard InChI is InChI=1S/C18H14BrNO6S2/c1-25-15-7-10(8-16-17(21)20-18(22)27-16)3-5-14(15)26-13-6-4-11(9-12(13)19)28(2,23)24/h3-9H,1-2H3,(H,20,21,22). The molecular formula is C18H14BrNO6S2. The van der Waals surface area contributed by atoms with Crippen LogP contribution in [0.5, 0.6) is 17.2 Å². The average Bonchev–Trinajstić information content (AvgIpc) is 2.94. The molecule has 146 valence electrons. The normalized spacial score (nSPS) is 15.6. The van der Waals surface area contributed by atoms with Gasteiger partial charge < -0.3 is 9.47 Å². The Kier molecular flexibility index (Phi) is 5.82. The summed E-state index contributed by atoms with van der Waals surface area (Å²) < 4.78 is 34.9. The lowest BCUT2D eigenvalue weighted by molar-refractivity contribution is -0.115. The average molecular weight is 484 g/mol. The Hall–Kier alpha value is -2.30. The Balaban J connectivity index is 1.89. The lowest BCUT2D eigenvalue weighted by Crippen LogP contribution is -2.17. The Labute approximate surface area is 174 Å². The van der Waals surface area contributed by atoms with Crippen molar-refractivity contribution in [3.05, 3.63) is 51.3 Å². The molecule has 0 unspecified atom stereocenters. The van der Waals surface area contributed by atoms with Crippen LogP contribution in [0.4, 0.5) is 4.79 Å². The molecule has 0 radical (unpaired) electrons. The number of hydrogen-bond acceptors (Lipinski definition) is 7. The van der Waals surface area contributed by atoms with Crippen LogP contribution < -0.4 is 14.8 Å². The minimum Gasteiger partial charge on any atom is -0.493 e. The van der Waals surface area contributed by atoms with Crippen LogP contribution >= 0.6 is 27.7 Å². The van der Waals surface area contributed by atoms with E-state index in [1.807, 2.05) is 0 Å².